The van der Waals surface area contributed by atoms with Crippen molar-refractivity contribution in [3.63, 3.8) is 0 Å². The molecule has 0 amide bonds. The van der Waals surface area contributed by atoms with Gasteiger partial charge in [0.25, 0.3) is 5.69 Å². The van der Waals surface area contributed by atoms with Gasteiger partial charge in [-0.15, -0.1) is 4.91 Å². The summed E-state index contributed by atoms with van der Waals surface area (Å²) in [6, 6.07) is 2.59. The highest BCUT2D eigenvalue weighted by molar-refractivity contribution is 5.84. The molecule has 8 nitrogen and oxygen atoms in total. The van der Waals surface area contributed by atoms with Gasteiger partial charge in [-0.05, 0) is 11.2 Å². The van der Waals surface area contributed by atoms with Gasteiger partial charge in [0.1, 0.15) is 5.69 Å². The Morgan fingerprint density at radius 3 is 2.69 bits per heavy atom. The topological polar surface area (TPSA) is 137 Å². The van der Waals surface area contributed by atoms with Crippen molar-refractivity contribution >= 4 is 22.7 Å². The molecule has 0 aliphatic carbocycles. The number of nitrogen functional groups attached to an aromatic ring is 1. The zero-order chi connectivity index (χ0) is 12.1. The van der Waals surface area contributed by atoms with Gasteiger partial charge in [-0.1, -0.05) is 0 Å². The van der Waals surface area contributed by atoms with Crippen molar-refractivity contribution in [2.24, 2.45) is 10.9 Å². The van der Waals surface area contributed by atoms with Gasteiger partial charge >= 0.3 is 0 Å². The summed E-state index contributed by atoms with van der Waals surface area (Å²) in [4.78, 5) is 20.4. The largest absolute Gasteiger partial charge is 0.391 e. The van der Waals surface area contributed by atoms with Crippen molar-refractivity contribution < 1.29 is 4.92 Å². The van der Waals surface area contributed by atoms with Crippen LogP contribution < -0.4 is 16.8 Å². The summed E-state index contributed by atoms with van der Waals surface area (Å²) in [5.74, 6) is 0. The van der Waals surface area contributed by atoms with Crippen LogP contribution in [0, 0.1) is 15.0 Å². The fourth-order valence-corrected chi connectivity index (χ4v) is 1.20. The summed E-state index contributed by atoms with van der Waals surface area (Å²) in [6.07, 6.45) is 0. The third kappa shape index (κ3) is 2.23. The van der Waals surface area contributed by atoms with E-state index in [0.29, 0.717) is 18.8 Å². The van der Waals surface area contributed by atoms with Crippen LogP contribution in [0.25, 0.3) is 0 Å². The van der Waals surface area contributed by atoms with Crippen molar-refractivity contribution in [3.8, 4) is 0 Å². The maximum Gasteiger partial charge on any atom is 0.294 e. The van der Waals surface area contributed by atoms with Crippen LogP contribution in [0.1, 0.15) is 0 Å². The predicted molar refractivity (Wildman–Crippen MR) is 60.5 cm³/mol. The number of rotatable bonds is 5. The normalized spacial score (nSPS) is 9.81. The highest BCUT2D eigenvalue weighted by Crippen LogP contribution is 2.37. The van der Waals surface area contributed by atoms with Crippen LogP contribution in [-0.4, -0.2) is 18.0 Å². The van der Waals surface area contributed by atoms with Crippen molar-refractivity contribution in [2.75, 3.05) is 24.1 Å². The van der Waals surface area contributed by atoms with Gasteiger partial charge in [0, 0.05) is 19.2 Å². The molecular formula is C8H11N5O3. The Morgan fingerprint density at radius 1 is 1.50 bits per heavy atom. The van der Waals surface area contributed by atoms with Crippen LogP contribution >= 0.6 is 0 Å². The van der Waals surface area contributed by atoms with E-state index >= 15 is 0 Å². The summed E-state index contributed by atoms with van der Waals surface area (Å²) >= 11 is 0. The molecule has 0 fully saturated rings. The Bertz CT molecular complexity index is 420. The van der Waals surface area contributed by atoms with E-state index in [0.717, 1.165) is 0 Å². The van der Waals surface area contributed by atoms with Gasteiger partial charge in [-0.2, -0.15) is 0 Å². The number of nitrogens with one attached hydrogen (secondary N) is 1. The van der Waals surface area contributed by atoms with Gasteiger partial charge in [0.15, 0.2) is 5.69 Å². The van der Waals surface area contributed by atoms with Gasteiger partial charge in [0.05, 0.1) is 10.6 Å². The molecule has 86 valence electrons. The Hall–Kier alpha value is -2.22. The summed E-state index contributed by atoms with van der Waals surface area (Å²) in [5.41, 5.74) is 10.3. The monoisotopic (exact) mass is 225 g/mol. The SMILES string of the molecule is NCCNc1ccc([N+](=O)[O-])c(N)c1N=O. The molecule has 16 heavy (non-hydrogen) atoms. The number of nitro groups is 1. The first-order valence-electron chi connectivity index (χ1n) is 4.46. The van der Waals surface area contributed by atoms with E-state index in [4.69, 9.17) is 11.5 Å². The number of anilines is 2. The second-order valence-electron chi connectivity index (χ2n) is 2.96. The molecule has 1 aromatic carbocycles. The standard InChI is InChI=1S/C8H11N5O3/c9-3-4-11-5-1-2-6(13(15)16)7(10)8(5)12-14/h1-2,11H,3-4,9-10H2. The number of hydrogen-bond acceptors (Lipinski definition) is 7. The van der Waals surface area contributed by atoms with E-state index in [1.807, 2.05) is 0 Å². The number of nitro benzene ring substituents is 1. The summed E-state index contributed by atoms with van der Waals surface area (Å²) < 4.78 is 0. The minimum atomic E-state index is -0.670. The van der Waals surface area contributed by atoms with E-state index < -0.39 is 4.92 Å². The summed E-state index contributed by atoms with van der Waals surface area (Å²) in [7, 11) is 0. The Morgan fingerprint density at radius 2 is 2.19 bits per heavy atom. The molecule has 0 spiro atoms. The summed E-state index contributed by atoms with van der Waals surface area (Å²) in [5, 5.41) is 16.0. The van der Waals surface area contributed by atoms with E-state index in [9.17, 15) is 15.0 Å². The second-order valence-corrected chi connectivity index (χ2v) is 2.96. The maximum atomic E-state index is 10.6. The third-order valence-electron chi connectivity index (χ3n) is 1.94. The van der Waals surface area contributed by atoms with Crippen LogP contribution in [0.5, 0.6) is 0 Å². The second kappa shape index (κ2) is 5.03. The van der Waals surface area contributed by atoms with E-state index in [-0.39, 0.29) is 17.1 Å². The quantitative estimate of drug-likeness (QED) is 0.295. The molecule has 0 saturated heterocycles. The molecule has 0 bridgehead atoms. The Labute approximate surface area is 90.7 Å². The number of nitrogens with two attached hydrogens (primary N) is 2. The molecular weight excluding hydrogens is 214 g/mol. The average molecular weight is 225 g/mol. The Kier molecular flexibility index (Phi) is 3.72. The molecule has 5 N–H and O–H groups in total. The molecule has 0 unspecified atom stereocenters. The third-order valence-corrected chi connectivity index (χ3v) is 1.94. The number of nitroso groups, excluding NO2 is 1. The molecule has 0 aliphatic heterocycles. The van der Waals surface area contributed by atoms with Crippen LogP contribution in [0.4, 0.5) is 22.7 Å². The zero-order valence-electron chi connectivity index (χ0n) is 8.34. The molecule has 1 rings (SSSR count). The number of benzene rings is 1. The lowest BCUT2D eigenvalue weighted by Crippen LogP contribution is -2.13. The molecule has 0 saturated carbocycles. The minimum Gasteiger partial charge on any atom is -0.391 e. The molecule has 8 heteroatoms. The van der Waals surface area contributed by atoms with Crippen LogP contribution in [0.3, 0.4) is 0 Å². The number of hydrogen-bond donors (Lipinski definition) is 3. The number of nitrogens with zero attached hydrogens (tertiary/aromatic N) is 2. The first kappa shape index (κ1) is 11.9. The lowest BCUT2D eigenvalue weighted by Gasteiger charge is -2.08. The lowest BCUT2D eigenvalue weighted by atomic mass is 10.2. The van der Waals surface area contributed by atoms with E-state index in [2.05, 4.69) is 10.5 Å². The van der Waals surface area contributed by atoms with Crippen molar-refractivity contribution in [1.29, 1.82) is 0 Å². The van der Waals surface area contributed by atoms with Gasteiger partial charge in [0.2, 0.25) is 0 Å². The van der Waals surface area contributed by atoms with Crippen LogP contribution in [0.15, 0.2) is 17.3 Å². The first-order valence-corrected chi connectivity index (χ1v) is 4.46. The molecule has 0 heterocycles. The average Bonchev–Trinajstić information content (AvgIpc) is 2.25. The molecule has 0 radical (unpaired) electrons. The van der Waals surface area contributed by atoms with E-state index in [1.165, 1.54) is 12.1 Å². The Balaban J connectivity index is 3.18. The van der Waals surface area contributed by atoms with Crippen LogP contribution in [-0.2, 0) is 0 Å². The van der Waals surface area contributed by atoms with Gasteiger partial charge in [-0.3, -0.25) is 10.1 Å². The molecule has 1 aromatic rings. The predicted octanol–water partition coefficient (Wildman–Crippen LogP) is 0.946. The molecule has 0 aliphatic rings. The van der Waals surface area contributed by atoms with Crippen LogP contribution in [0.2, 0.25) is 0 Å². The van der Waals surface area contributed by atoms with Crippen molar-refractivity contribution in [3.05, 3.63) is 27.2 Å². The highest BCUT2D eigenvalue weighted by Gasteiger charge is 2.18. The fourth-order valence-electron chi connectivity index (χ4n) is 1.20. The summed E-state index contributed by atoms with van der Waals surface area (Å²) in [6.45, 7) is 0.773. The molecule has 0 atom stereocenters. The maximum absolute atomic E-state index is 10.6. The van der Waals surface area contributed by atoms with Crippen molar-refractivity contribution in [1.82, 2.24) is 0 Å². The van der Waals surface area contributed by atoms with E-state index in [1.54, 1.807) is 0 Å². The highest BCUT2D eigenvalue weighted by atomic mass is 16.6. The fraction of sp³-hybridized carbons (Fsp3) is 0.250. The smallest absolute Gasteiger partial charge is 0.294 e. The van der Waals surface area contributed by atoms with Crippen molar-refractivity contribution in [2.45, 2.75) is 0 Å². The van der Waals surface area contributed by atoms with Gasteiger partial charge < -0.3 is 16.8 Å². The lowest BCUT2D eigenvalue weighted by molar-refractivity contribution is -0.383. The molecule has 0 aromatic heterocycles. The first-order chi connectivity index (χ1) is 7.61. The van der Waals surface area contributed by atoms with Gasteiger partial charge in [-0.25, -0.2) is 0 Å². The zero-order valence-corrected chi connectivity index (χ0v) is 8.34. The minimum absolute atomic E-state index is 0.164.